The molecule has 0 aromatic carbocycles. The first kappa shape index (κ1) is 15.6. The molecule has 0 radical (unpaired) electrons. The average Bonchev–Trinajstić information content (AvgIpc) is 2.72. The van der Waals surface area contributed by atoms with Gasteiger partial charge in [-0.25, -0.2) is 0 Å². The van der Waals surface area contributed by atoms with Gasteiger partial charge in [-0.1, -0.05) is 6.92 Å². The van der Waals surface area contributed by atoms with Crippen molar-refractivity contribution in [2.45, 2.75) is 62.9 Å². The van der Waals surface area contributed by atoms with Gasteiger partial charge in [0.1, 0.15) is 0 Å². The van der Waals surface area contributed by atoms with Crippen LogP contribution in [0, 0.1) is 23.7 Å². The standard InChI is InChI=1S/C17H28ClNO2/c1-10-8-11(4-6-14(10)18)13-9-12-5-7-15(19(12)2)16(13)17(20)21-3/h10-16H,4-9H2,1-3H3/t10?,11?,12?,13-,14?,15?,16+/m1/s1. The van der Waals surface area contributed by atoms with Crippen LogP contribution in [0.3, 0.4) is 0 Å². The highest BCUT2D eigenvalue weighted by atomic mass is 35.5. The second kappa shape index (κ2) is 6.08. The van der Waals surface area contributed by atoms with Crippen LogP contribution in [0.2, 0.25) is 0 Å². The van der Waals surface area contributed by atoms with E-state index in [0.29, 0.717) is 35.2 Å². The van der Waals surface area contributed by atoms with Crippen LogP contribution in [0.25, 0.3) is 0 Å². The van der Waals surface area contributed by atoms with E-state index in [1.165, 1.54) is 19.3 Å². The van der Waals surface area contributed by atoms with Crippen molar-refractivity contribution in [1.82, 2.24) is 4.90 Å². The maximum atomic E-state index is 12.4. The largest absolute Gasteiger partial charge is 0.469 e. The number of alkyl halides is 1. The van der Waals surface area contributed by atoms with Crippen molar-refractivity contribution in [2.75, 3.05) is 14.2 Å². The van der Waals surface area contributed by atoms with Gasteiger partial charge in [0.05, 0.1) is 13.0 Å². The highest BCUT2D eigenvalue weighted by Gasteiger charge is 2.51. The molecule has 5 unspecified atom stereocenters. The molecule has 3 rings (SSSR count). The predicted molar refractivity (Wildman–Crippen MR) is 84.3 cm³/mol. The van der Waals surface area contributed by atoms with E-state index in [1.807, 2.05) is 0 Å². The van der Waals surface area contributed by atoms with Gasteiger partial charge >= 0.3 is 5.97 Å². The van der Waals surface area contributed by atoms with E-state index in [9.17, 15) is 4.79 Å². The number of esters is 1. The molecule has 2 bridgehead atoms. The number of rotatable bonds is 2. The molecule has 0 aromatic rings. The lowest BCUT2D eigenvalue weighted by atomic mass is 9.66. The Labute approximate surface area is 133 Å². The minimum atomic E-state index is 0.0119. The summed E-state index contributed by atoms with van der Waals surface area (Å²) in [4.78, 5) is 14.9. The summed E-state index contributed by atoms with van der Waals surface area (Å²) < 4.78 is 5.17. The molecule has 4 heteroatoms. The summed E-state index contributed by atoms with van der Waals surface area (Å²) in [6, 6.07) is 1.06. The Hall–Kier alpha value is -0.280. The van der Waals surface area contributed by atoms with Crippen LogP contribution in [-0.4, -0.2) is 42.5 Å². The Bertz CT molecular complexity index is 402. The first-order valence-electron chi connectivity index (χ1n) is 8.46. The van der Waals surface area contributed by atoms with Gasteiger partial charge in [0, 0.05) is 17.5 Å². The fourth-order valence-corrected chi connectivity index (χ4v) is 5.48. The summed E-state index contributed by atoms with van der Waals surface area (Å²) >= 11 is 6.39. The molecule has 0 aromatic heterocycles. The molecule has 120 valence electrons. The summed E-state index contributed by atoms with van der Waals surface area (Å²) in [7, 11) is 3.73. The summed E-state index contributed by atoms with van der Waals surface area (Å²) in [6.07, 6.45) is 7.01. The van der Waals surface area contributed by atoms with Gasteiger partial charge in [0.25, 0.3) is 0 Å². The van der Waals surface area contributed by atoms with Crippen molar-refractivity contribution >= 4 is 17.6 Å². The van der Waals surface area contributed by atoms with Crippen LogP contribution in [-0.2, 0) is 9.53 Å². The predicted octanol–water partition coefficient (Wildman–Crippen LogP) is 3.30. The fourth-order valence-electron chi connectivity index (χ4n) is 5.25. The number of hydrogen-bond donors (Lipinski definition) is 0. The summed E-state index contributed by atoms with van der Waals surface area (Å²) in [5, 5.41) is 0.320. The maximum Gasteiger partial charge on any atom is 0.310 e. The van der Waals surface area contributed by atoms with Gasteiger partial charge in [0.15, 0.2) is 0 Å². The quantitative estimate of drug-likeness (QED) is 0.578. The average molecular weight is 314 g/mol. The zero-order valence-electron chi connectivity index (χ0n) is 13.4. The Balaban J connectivity index is 1.80. The normalized spacial score (nSPS) is 47.3. The number of hydrogen-bond acceptors (Lipinski definition) is 3. The molecule has 21 heavy (non-hydrogen) atoms. The second-order valence-corrected chi connectivity index (χ2v) is 8.04. The number of ether oxygens (including phenoxy) is 1. The highest BCUT2D eigenvalue weighted by molar-refractivity contribution is 6.20. The molecule has 1 aliphatic carbocycles. The van der Waals surface area contributed by atoms with E-state index >= 15 is 0 Å². The van der Waals surface area contributed by atoms with Crippen molar-refractivity contribution in [2.24, 2.45) is 23.7 Å². The summed E-state index contributed by atoms with van der Waals surface area (Å²) in [5.74, 6) is 1.80. The van der Waals surface area contributed by atoms with Crippen molar-refractivity contribution in [3.63, 3.8) is 0 Å². The van der Waals surface area contributed by atoms with E-state index < -0.39 is 0 Å². The molecule has 1 saturated carbocycles. The van der Waals surface area contributed by atoms with Crippen LogP contribution in [0.15, 0.2) is 0 Å². The second-order valence-electron chi connectivity index (χ2n) is 7.48. The van der Waals surface area contributed by atoms with Crippen LogP contribution < -0.4 is 0 Å². The van der Waals surface area contributed by atoms with E-state index in [0.717, 1.165) is 19.3 Å². The van der Waals surface area contributed by atoms with E-state index in [2.05, 4.69) is 18.9 Å². The lowest BCUT2D eigenvalue weighted by Gasteiger charge is -2.46. The summed E-state index contributed by atoms with van der Waals surface area (Å²) in [6.45, 7) is 2.26. The van der Waals surface area contributed by atoms with Gasteiger partial charge in [0.2, 0.25) is 0 Å². The zero-order valence-corrected chi connectivity index (χ0v) is 14.2. The van der Waals surface area contributed by atoms with Crippen LogP contribution >= 0.6 is 11.6 Å². The van der Waals surface area contributed by atoms with Gasteiger partial charge in [-0.2, -0.15) is 0 Å². The SMILES string of the molecule is COC(=O)[C@@H]1C2CCC(C[C@@H]1C1CCC(Cl)C(C)C1)N2C. The number of carbonyl (C=O) groups is 1. The molecule has 0 amide bonds. The number of piperidine rings is 1. The third-order valence-electron chi connectivity index (χ3n) is 6.50. The topological polar surface area (TPSA) is 29.5 Å². The third-order valence-corrected chi connectivity index (χ3v) is 7.15. The molecular weight excluding hydrogens is 286 g/mol. The van der Waals surface area contributed by atoms with Crippen LogP contribution in [0.5, 0.6) is 0 Å². The number of nitrogens with zero attached hydrogens (tertiary/aromatic N) is 1. The smallest absolute Gasteiger partial charge is 0.310 e. The minimum absolute atomic E-state index is 0.0119. The maximum absolute atomic E-state index is 12.4. The zero-order chi connectivity index (χ0) is 15.1. The number of halogens is 1. The van der Waals surface area contributed by atoms with E-state index in [1.54, 1.807) is 7.11 Å². The van der Waals surface area contributed by atoms with E-state index in [4.69, 9.17) is 16.3 Å². The van der Waals surface area contributed by atoms with Crippen LogP contribution in [0.4, 0.5) is 0 Å². The first-order chi connectivity index (χ1) is 10.0. The monoisotopic (exact) mass is 313 g/mol. The molecule has 2 saturated heterocycles. The molecule has 3 aliphatic rings. The van der Waals surface area contributed by atoms with Crippen molar-refractivity contribution in [1.29, 1.82) is 0 Å². The lowest BCUT2D eigenvalue weighted by molar-refractivity contribution is -0.154. The molecule has 0 N–H and O–H groups in total. The molecule has 3 fully saturated rings. The third kappa shape index (κ3) is 2.72. The van der Waals surface area contributed by atoms with Gasteiger partial charge < -0.3 is 4.74 Å². The Morgan fingerprint density at radius 1 is 1.19 bits per heavy atom. The molecule has 2 heterocycles. The fraction of sp³-hybridized carbons (Fsp3) is 0.941. The van der Waals surface area contributed by atoms with Crippen molar-refractivity contribution in [3.8, 4) is 0 Å². The number of carbonyl (C=O) groups excluding carboxylic acids is 1. The minimum Gasteiger partial charge on any atom is -0.469 e. The van der Waals surface area contributed by atoms with Crippen molar-refractivity contribution in [3.05, 3.63) is 0 Å². The van der Waals surface area contributed by atoms with Crippen molar-refractivity contribution < 1.29 is 9.53 Å². The highest BCUT2D eigenvalue weighted by Crippen LogP contribution is 2.49. The molecular formula is C17H28ClNO2. The molecule has 0 spiro atoms. The van der Waals surface area contributed by atoms with E-state index in [-0.39, 0.29) is 11.9 Å². The first-order valence-corrected chi connectivity index (χ1v) is 8.90. The van der Waals surface area contributed by atoms with Gasteiger partial charge in [-0.15, -0.1) is 11.6 Å². The molecule has 7 atom stereocenters. The number of methoxy groups -OCH3 is 1. The Morgan fingerprint density at radius 2 is 1.95 bits per heavy atom. The van der Waals surface area contributed by atoms with Gasteiger partial charge in [-0.05, 0) is 63.3 Å². The Morgan fingerprint density at radius 3 is 2.62 bits per heavy atom. The summed E-state index contributed by atoms with van der Waals surface area (Å²) in [5.41, 5.74) is 0. The Kier molecular flexibility index (Phi) is 4.52. The lowest BCUT2D eigenvalue weighted by Crippen LogP contribution is -2.52. The van der Waals surface area contributed by atoms with Crippen LogP contribution in [0.1, 0.15) is 45.4 Å². The molecule has 3 nitrogen and oxygen atoms in total. The molecule has 2 aliphatic heterocycles. The number of fused-ring (bicyclic) bond motifs is 2. The van der Waals surface area contributed by atoms with Gasteiger partial charge in [-0.3, -0.25) is 9.69 Å².